The molecule has 0 amide bonds. The predicted molar refractivity (Wildman–Crippen MR) is 192 cm³/mol. The van der Waals surface area contributed by atoms with Gasteiger partial charge in [-0.15, -0.1) is 68.6 Å². The van der Waals surface area contributed by atoms with Gasteiger partial charge >= 0.3 is 37.9 Å². The molecule has 0 nitrogen and oxygen atoms in total. The Labute approximate surface area is 280 Å². The molecule has 1 atom stereocenters. The Balaban J connectivity index is 0.000000201. The average molecular weight is 701 g/mol. The van der Waals surface area contributed by atoms with Crippen LogP contribution >= 0.6 is 17.0 Å². The molecule has 220 valence electrons. The summed E-state index contributed by atoms with van der Waals surface area (Å²) in [6.45, 7) is 13.2. The molecule has 2 radical (unpaired) electrons. The molecule has 0 heterocycles. The second-order valence-corrected chi connectivity index (χ2v) is 15.6. The molecule has 6 aromatic rings. The van der Waals surface area contributed by atoms with Gasteiger partial charge in [0.1, 0.15) is 0 Å². The van der Waals surface area contributed by atoms with Crippen LogP contribution in [0.5, 0.6) is 0 Å². The Hall–Kier alpha value is -2.22. The summed E-state index contributed by atoms with van der Waals surface area (Å²) in [6, 6.07) is 41.6. The Morgan fingerprint density at radius 1 is 0.721 bits per heavy atom. The van der Waals surface area contributed by atoms with Gasteiger partial charge in [0.2, 0.25) is 0 Å². The van der Waals surface area contributed by atoms with Crippen LogP contribution in [0.2, 0.25) is 13.1 Å². The van der Waals surface area contributed by atoms with E-state index in [1.165, 1.54) is 73.3 Å². The van der Waals surface area contributed by atoms with Gasteiger partial charge in [0, 0.05) is 9.52 Å². The maximum absolute atomic E-state index is 4.93. The monoisotopic (exact) mass is 698 g/mol. The van der Waals surface area contributed by atoms with E-state index in [1.807, 2.05) is 0 Å². The van der Waals surface area contributed by atoms with Crippen LogP contribution in [0.1, 0.15) is 49.3 Å². The summed E-state index contributed by atoms with van der Waals surface area (Å²) in [6.07, 6.45) is 2.51. The van der Waals surface area contributed by atoms with E-state index < -0.39 is 20.8 Å². The van der Waals surface area contributed by atoms with Crippen molar-refractivity contribution in [3.05, 3.63) is 132 Å². The van der Waals surface area contributed by atoms with Crippen LogP contribution in [0.25, 0.3) is 43.8 Å². The molecule has 0 spiro atoms. The van der Waals surface area contributed by atoms with Crippen molar-refractivity contribution in [1.82, 2.24) is 0 Å². The summed E-state index contributed by atoms with van der Waals surface area (Å²) in [5.74, 6) is 0.649. The second kappa shape index (κ2) is 18.6. The minimum absolute atomic E-state index is 0.649. The number of benzene rings is 4. The Bertz CT molecular complexity index is 1650. The van der Waals surface area contributed by atoms with Crippen LogP contribution in [-0.2, 0) is 20.8 Å². The zero-order valence-electron chi connectivity index (χ0n) is 26.2. The van der Waals surface area contributed by atoms with Crippen molar-refractivity contribution in [3.63, 3.8) is 0 Å². The molecule has 1 unspecified atom stereocenters. The van der Waals surface area contributed by atoms with Gasteiger partial charge in [-0.25, -0.2) is 0 Å². The third-order valence-corrected chi connectivity index (χ3v) is 7.48. The molecule has 0 aliphatic carbocycles. The van der Waals surface area contributed by atoms with Crippen LogP contribution in [-0.4, -0.2) is 9.52 Å². The zero-order chi connectivity index (χ0) is 31.2. The third-order valence-electron chi connectivity index (χ3n) is 7.48. The molecule has 0 fully saturated rings. The SMILES string of the molecule is CCCC(C)c1cc2c(-c3ccccc3)cccc2[cH-]1.C[Si]C.Cc1cc2c(-c3ccccc3)ccc(C)c2[cH-]1.[Cl][Zr+2][Cl]. The van der Waals surface area contributed by atoms with Gasteiger partial charge in [0.25, 0.3) is 0 Å². The normalized spacial score (nSPS) is 10.9. The summed E-state index contributed by atoms with van der Waals surface area (Å²) in [5.41, 5.74) is 9.45. The van der Waals surface area contributed by atoms with Crippen molar-refractivity contribution < 1.29 is 20.8 Å². The number of rotatable bonds is 5. The van der Waals surface area contributed by atoms with Crippen LogP contribution in [0.3, 0.4) is 0 Å². The first-order valence-corrected chi connectivity index (χ1v) is 23.2. The number of halogens is 2. The molecular weight excluding hydrogens is 659 g/mol. The molecule has 4 heteroatoms. The third kappa shape index (κ3) is 9.89. The van der Waals surface area contributed by atoms with Crippen molar-refractivity contribution in [1.29, 1.82) is 0 Å². The van der Waals surface area contributed by atoms with Crippen LogP contribution in [0.15, 0.2) is 115 Å². The number of aryl methyl sites for hydroxylation is 2. The summed E-state index contributed by atoms with van der Waals surface area (Å²) < 4.78 is 0. The number of hydrogen-bond acceptors (Lipinski definition) is 0. The minimum atomic E-state index is -0.826. The van der Waals surface area contributed by atoms with E-state index in [0.717, 1.165) is 9.52 Å². The number of fused-ring (bicyclic) bond motifs is 2. The Morgan fingerprint density at radius 2 is 1.28 bits per heavy atom. The molecule has 0 saturated heterocycles. The summed E-state index contributed by atoms with van der Waals surface area (Å²) in [5, 5.41) is 5.50. The maximum atomic E-state index is 4.93. The first-order valence-electron chi connectivity index (χ1n) is 14.9. The van der Waals surface area contributed by atoms with Crippen LogP contribution < -0.4 is 0 Å². The van der Waals surface area contributed by atoms with E-state index >= 15 is 0 Å². The van der Waals surface area contributed by atoms with Crippen LogP contribution in [0, 0.1) is 13.8 Å². The van der Waals surface area contributed by atoms with Crippen molar-refractivity contribution in [3.8, 4) is 22.3 Å². The van der Waals surface area contributed by atoms with Gasteiger partial charge < -0.3 is 0 Å². The standard InChI is InChI=1S/C20H21.C17H15.C2H6Si.2ClH.Zr/c1-3-8-15(2)18-13-17-11-7-12-19(20(17)14-18)16-9-5-4-6-10-16;1-12-10-16-13(2)8-9-15(17(16)11-12)14-6-4-3-5-7-14;1-3-2;;;/h4-7,9-15H,3,8H2,1-2H3;3-11H,1-2H3;1-2H3;2*1H;/q2*-1;;;;+4/p-2. The summed E-state index contributed by atoms with van der Waals surface area (Å²) >= 11 is -0.826. The fraction of sp³-hybridized carbons (Fsp3) is 0.231. The van der Waals surface area contributed by atoms with Gasteiger partial charge in [-0.1, -0.05) is 131 Å². The fourth-order valence-electron chi connectivity index (χ4n) is 5.47. The van der Waals surface area contributed by atoms with E-state index in [0.29, 0.717) is 5.92 Å². The average Bonchev–Trinajstić information content (AvgIpc) is 3.64. The van der Waals surface area contributed by atoms with E-state index in [4.69, 9.17) is 17.0 Å². The Kier molecular flexibility index (Phi) is 15.2. The van der Waals surface area contributed by atoms with Crippen molar-refractivity contribution in [2.75, 3.05) is 0 Å². The number of hydrogen-bond donors (Lipinski definition) is 0. The molecule has 0 N–H and O–H groups in total. The van der Waals surface area contributed by atoms with Crippen LogP contribution in [0.4, 0.5) is 0 Å². The molecule has 0 aromatic heterocycles. The van der Waals surface area contributed by atoms with E-state index in [2.05, 4.69) is 156 Å². The molecule has 0 aliphatic heterocycles. The summed E-state index contributed by atoms with van der Waals surface area (Å²) in [4.78, 5) is 0. The van der Waals surface area contributed by atoms with E-state index in [-0.39, 0.29) is 0 Å². The van der Waals surface area contributed by atoms with Gasteiger partial charge in [0.05, 0.1) is 0 Å². The summed E-state index contributed by atoms with van der Waals surface area (Å²) in [7, 11) is 11.0. The van der Waals surface area contributed by atoms with Gasteiger partial charge in [-0.3, -0.25) is 0 Å². The molecule has 6 aromatic carbocycles. The molecule has 0 saturated carbocycles. The molecular formula is C39H42Cl2SiZr. The molecule has 6 rings (SSSR count). The van der Waals surface area contributed by atoms with Gasteiger partial charge in [-0.05, 0) is 23.5 Å². The fourth-order valence-corrected chi connectivity index (χ4v) is 5.47. The first-order chi connectivity index (χ1) is 20.9. The van der Waals surface area contributed by atoms with Crippen molar-refractivity contribution >= 4 is 48.1 Å². The van der Waals surface area contributed by atoms with Gasteiger partial charge in [-0.2, -0.15) is 12.1 Å². The molecule has 0 aliphatic rings. The topological polar surface area (TPSA) is 0 Å². The first kappa shape index (κ1) is 35.3. The predicted octanol–water partition coefficient (Wildman–Crippen LogP) is 13.1. The van der Waals surface area contributed by atoms with E-state index in [9.17, 15) is 0 Å². The zero-order valence-corrected chi connectivity index (χ0v) is 31.2. The van der Waals surface area contributed by atoms with E-state index in [1.54, 1.807) is 0 Å². The van der Waals surface area contributed by atoms with Gasteiger partial charge in [0.15, 0.2) is 0 Å². The van der Waals surface area contributed by atoms with Crippen molar-refractivity contribution in [2.24, 2.45) is 0 Å². The molecule has 0 bridgehead atoms. The van der Waals surface area contributed by atoms with Crippen molar-refractivity contribution in [2.45, 2.75) is 59.5 Å². The second-order valence-electron chi connectivity index (χ2n) is 10.9. The molecule has 43 heavy (non-hydrogen) atoms. The Morgan fingerprint density at radius 3 is 1.84 bits per heavy atom. The quantitative estimate of drug-likeness (QED) is 0.124.